The second-order valence-electron chi connectivity index (χ2n) is 7.03. The van der Waals surface area contributed by atoms with E-state index in [1.165, 1.54) is 12.1 Å². The van der Waals surface area contributed by atoms with Gasteiger partial charge in [0.05, 0.1) is 11.1 Å². The van der Waals surface area contributed by atoms with Crippen molar-refractivity contribution in [1.82, 2.24) is 9.71 Å². The number of sulfonamides is 1. The average molecular weight is 472 g/mol. The summed E-state index contributed by atoms with van der Waals surface area (Å²) in [7, 11) is -3.82. The van der Waals surface area contributed by atoms with Gasteiger partial charge < -0.3 is 10.1 Å². The van der Waals surface area contributed by atoms with E-state index < -0.39 is 22.0 Å². The summed E-state index contributed by atoms with van der Waals surface area (Å²) in [6.45, 7) is 1.87. The Labute approximate surface area is 192 Å². The van der Waals surface area contributed by atoms with Gasteiger partial charge in [0.15, 0.2) is 0 Å². The summed E-state index contributed by atoms with van der Waals surface area (Å²) in [5.41, 5.74) is 1.37. The minimum atomic E-state index is -3.82. The van der Waals surface area contributed by atoms with Crippen LogP contribution < -0.4 is 14.8 Å². The van der Waals surface area contributed by atoms with Gasteiger partial charge in [-0.3, -0.25) is 9.78 Å². The molecule has 0 spiro atoms. The molecule has 0 fully saturated rings. The zero-order valence-corrected chi connectivity index (χ0v) is 19.4. The van der Waals surface area contributed by atoms with E-state index in [0.29, 0.717) is 29.4 Å². The number of rotatable bonds is 10. The first kappa shape index (κ1) is 23.8. The van der Waals surface area contributed by atoms with Gasteiger partial charge in [0.2, 0.25) is 15.9 Å². The molecule has 3 rings (SSSR count). The van der Waals surface area contributed by atoms with Crippen molar-refractivity contribution in [2.75, 3.05) is 17.3 Å². The smallest absolute Gasteiger partial charge is 0.242 e. The van der Waals surface area contributed by atoms with Gasteiger partial charge in [-0.25, -0.2) is 8.42 Å². The van der Waals surface area contributed by atoms with Crippen molar-refractivity contribution in [1.29, 1.82) is 0 Å². The van der Waals surface area contributed by atoms with Crippen LogP contribution in [0, 0.1) is 6.92 Å². The predicted octanol–water partition coefficient (Wildman–Crippen LogP) is 4.22. The molecule has 0 aliphatic rings. The van der Waals surface area contributed by atoms with Crippen LogP contribution >= 0.6 is 11.8 Å². The standard InChI is InChI=1S/C23H25N3O4S2/c1-17-15-18(10-11-22(17)30-19-7-6-13-24-16-19)25-23(27)21(12-14-31-2)26-32(28,29)20-8-4-3-5-9-20/h3-11,13,15-16,21,26H,12,14H2,1-2H3,(H,25,27). The number of hydrogen-bond acceptors (Lipinski definition) is 6. The van der Waals surface area contributed by atoms with E-state index in [0.717, 1.165) is 5.56 Å². The van der Waals surface area contributed by atoms with Crippen LogP contribution in [0.3, 0.4) is 0 Å². The molecule has 7 nitrogen and oxygen atoms in total. The van der Waals surface area contributed by atoms with Crippen LogP contribution in [0.1, 0.15) is 12.0 Å². The Bertz CT molecular complexity index is 1140. The molecule has 9 heteroatoms. The van der Waals surface area contributed by atoms with Crippen molar-refractivity contribution in [3.8, 4) is 11.5 Å². The van der Waals surface area contributed by atoms with Crippen molar-refractivity contribution in [3.05, 3.63) is 78.6 Å². The van der Waals surface area contributed by atoms with Gasteiger partial charge in [0, 0.05) is 11.9 Å². The number of nitrogens with one attached hydrogen (secondary N) is 2. The van der Waals surface area contributed by atoms with E-state index in [4.69, 9.17) is 4.74 Å². The minimum absolute atomic E-state index is 0.120. The third-order valence-electron chi connectivity index (χ3n) is 4.58. The zero-order chi connectivity index (χ0) is 23.0. The van der Waals surface area contributed by atoms with Crippen LogP contribution in [0.4, 0.5) is 5.69 Å². The first-order valence-electron chi connectivity index (χ1n) is 9.95. The Balaban J connectivity index is 1.72. The molecule has 2 aromatic carbocycles. The Hall–Kier alpha value is -2.88. The predicted molar refractivity (Wildman–Crippen MR) is 128 cm³/mol. The summed E-state index contributed by atoms with van der Waals surface area (Å²) in [6.07, 6.45) is 5.55. The highest BCUT2D eigenvalue weighted by molar-refractivity contribution is 7.98. The maximum absolute atomic E-state index is 12.9. The topological polar surface area (TPSA) is 97.4 Å². The van der Waals surface area contributed by atoms with Crippen molar-refractivity contribution in [2.24, 2.45) is 0 Å². The molecule has 0 aliphatic carbocycles. The van der Waals surface area contributed by atoms with Crippen LogP contribution in [-0.2, 0) is 14.8 Å². The fourth-order valence-electron chi connectivity index (χ4n) is 2.94. The average Bonchev–Trinajstić information content (AvgIpc) is 2.79. The number of carbonyl (C=O) groups is 1. The van der Waals surface area contributed by atoms with Crippen LogP contribution in [0.5, 0.6) is 11.5 Å². The number of benzene rings is 2. The molecule has 168 valence electrons. The lowest BCUT2D eigenvalue weighted by atomic mass is 10.1. The molecule has 1 aromatic heterocycles. The number of amides is 1. The van der Waals surface area contributed by atoms with E-state index in [1.54, 1.807) is 72.7 Å². The molecule has 1 heterocycles. The second-order valence-corrected chi connectivity index (χ2v) is 9.73. The van der Waals surface area contributed by atoms with E-state index in [2.05, 4.69) is 15.0 Å². The SMILES string of the molecule is CSCCC(NS(=O)(=O)c1ccccc1)C(=O)Nc1ccc(Oc2cccnc2)c(C)c1. The molecule has 0 saturated carbocycles. The number of aryl methyl sites for hydroxylation is 1. The lowest BCUT2D eigenvalue weighted by molar-refractivity contribution is -0.117. The van der Waals surface area contributed by atoms with E-state index in [-0.39, 0.29) is 4.90 Å². The number of carbonyl (C=O) groups excluding carboxylic acids is 1. The van der Waals surface area contributed by atoms with Crippen LogP contribution in [-0.4, -0.2) is 37.4 Å². The zero-order valence-electron chi connectivity index (χ0n) is 17.8. The van der Waals surface area contributed by atoms with Crippen molar-refractivity contribution in [3.63, 3.8) is 0 Å². The molecule has 32 heavy (non-hydrogen) atoms. The fraction of sp³-hybridized carbons (Fsp3) is 0.217. The first-order chi connectivity index (χ1) is 15.4. The molecule has 0 bridgehead atoms. The molecular formula is C23H25N3O4S2. The molecule has 1 unspecified atom stereocenters. The Morgan fingerprint density at radius 1 is 1.12 bits per heavy atom. The molecule has 1 atom stereocenters. The highest BCUT2D eigenvalue weighted by Crippen LogP contribution is 2.27. The summed E-state index contributed by atoms with van der Waals surface area (Å²) < 4.78 is 33.8. The molecule has 1 amide bonds. The summed E-state index contributed by atoms with van der Waals surface area (Å²) in [5.74, 6) is 1.46. The van der Waals surface area contributed by atoms with Gasteiger partial charge >= 0.3 is 0 Å². The summed E-state index contributed by atoms with van der Waals surface area (Å²) in [5, 5.41) is 2.81. The summed E-state index contributed by atoms with van der Waals surface area (Å²) in [4.78, 5) is 17.1. The minimum Gasteiger partial charge on any atom is -0.455 e. The summed E-state index contributed by atoms with van der Waals surface area (Å²) >= 11 is 1.54. The molecule has 3 aromatic rings. The number of pyridine rings is 1. The third kappa shape index (κ3) is 6.56. The largest absolute Gasteiger partial charge is 0.455 e. The Morgan fingerprint density at radius 3 is 2.56 bits per heavy atom. The quantitative estimate of drug-likeness (QED) is 0.459. The van der Waals surface area contributed by atoms with Gasteiger partial charge in [-0.2, -0.15) is 16.5 Å². The number of aromatic nitrogens is 1. The number of thioether (sulfide) groups is 1. The van der Waals surface area contributed by atoms with E-state index in [1.807, 2.05) is 13.2 Å². The van der Waals surface area contributed by atoms with Gasteiger partial charge in [-0.05, 0) is 73.4 Å². The second kappa shape index (κ2) is 11.1. The maximum Gasteiger partial charge on any atom is 0.242 e. The Kier molecular flexibility index (Phi) is 8.26. The van der Waals surface area contributed by atoms with Crippen molar-refractivity contribution >= 4 is 33.4 Å². The molecule has 0 saturated heterocycles. The fourth-order valence-corrected chi connectivity index (χ4v) is 4.66. The summed E-state index contributed by atoms with van der Waals surface area (Å²) in [6, 6.07) is 15.9. The molecular weight excluding hydrogens is 446 g/mol. The normalized spacial score (nSPS) is 12.2. The van der Waals surface area contributed by atoms with E-state index >= 15 is 0 Å². The number of anilines is 1. The first-order valence-corrected chi connectivity index (χ1v) is 12.8. The Morgan fingerprint density at radius 2 is 1.91 bits per heavy atom. The number of hydrogen-bond donors (Lipinski definition) is 2. The van der Waals surface area contributed by atoms with Gasteiger partial charge in [0.25, 0.3) is 0 Å². The third-order valence-corrected chi connectivity index (χ3v) is 6.71. The maximum atomic E-state index is 12.9. The van der Waals surface area contributed by atoms with Gasteiger partial charge in [0.1, 0.15) is 17.5 Å². The van der Waals surface area contributed by atoms with E-state index in [9.17, 15) is 13.2 Å². The lowest BCUT2D eigenvalue weighted by Crippen LogP contribution is -2.44. The van der Waals surface area contributed by atoms with Crippen LogP contribution in [0.2, 0.25) is 0 Å². The number of ether oxygens (including phenoxy) is 1. The van der Waals surface area contributed by atoms with Crippen molar-refractivity contribution in [2.45, 2.75) is 24.3 Å². The highest BCUT2D eigenvalue weighted by Gasteiger charge is 2.25. The molecule has 0 radical (unpaired) electrons. The monoisotopic (exact) mass is 471 g/mol. The highest BCUT2D eigenvalue weighted by atomic mass is 32.2. The van der Waals surface area contributed by atoms with Gasteiger partial charge in [-0.15, -0.1) is 0 Å². The van der Waals surface area contributed by atoms with Crippen LogP contribution in [0.25, 0.3) is 0 Å². The lowest BCUT2D eigenvalue weighted by Gasteiger charge is -2.19. The number of nitrogens with zero attached hydrogens (tertiary/aromatic N) is 1. The molecule has 2 N–H and O–H groups in total. The van der Waals surface area contributed by atoms with Gasteiger partial charge in [-0.1, -0.05) is 18.2 Å². The van der Waals surface area contributed by atoms with Crippen molar-refractivity contribution < 1.29 is 17.9 Å². The van der Waals surface area contributed by atoms with Crippen LogP contribution in [0.15, 0.2) is 78.0 Å². The molecule has 0 aliphatic heterocycles.